The van der Waals surface area contributed by atoms with Crippen LogP contribution in [0.25, 0.3) is 10.9 Å². The first-order valence-electron chi connectivity index (χ1n) is 9.57. The molecule has 1 unspecified atom stereocenters. The summed E-state index contributed by atoms with van der Waals surface area (Å²) in [7, 11) is 0. The summed E-state index contributed by atoms with van der Waals surface area (Å²) in [6, 6.07) is 8.09. The molecule has 5 nitrogen and oxygen atoms in total. The fourth-order valence-electron chi connectivity index (χ4n) is 3.85. The molecule has 3 N–H and O–H groups in total. The van der Waals surface area contributed by atoms with Crippen molar-refractivity contribution in [3.63, 3.8) is 0 Å². The maximum Gasteiger partial charge on any atom is 0.263 e. The third kappa shape index (κ3) is 3.69. The molecule has 0 fully saturated rings. The van der Waals surface area contributed by atoms with Gasteiger partial charge in [0.05, 0.1) is 11.6 Å². The molecule has 0 saturated carbocycles. The monoisotopic (exact) mass is 398 g/mol. The Morgan fingerprint density at radius 3 is 2.59 bits per heavy atom. The Morgan fingerprint density at radius 1 is 1.14 bits per heavy atom. The Bertz CT molecular complexity index is 1100. The number of nitrogens with one attached hydrogen (secondary N) is 1. The first-order chi connectivity index (χ1) is 13.6. The van der Waals surface area contributed by atoms with Crippen molar-refractivity contribution in [1.82, 2.24) is 9.97 Å². The van der Waals surface area contributed by atoms with Crippen LogP contribution in [0.15, 0.2) is 30.3 Å². The molecule has 2 heterocycles. The van der Waals surface area contributed by atoms with Crippen LogP contribution in [0.4, 0.5) is 20.3 Å². The van der Waals surface area contributed by atoms with Gasteiger partial charge in [-0.15, -0.1) is 0 Å². The highest BCUT2D eigenvalue weighted by atomic mass is 19.3. The number of aryl methyl sites for hydroxylation is 1. The van der Waals surface area contributed by atoms with Gasteiger partial charge in [0, 0.05) is 28.6 Å². The normalized spacial score (nSPS) is 16.0. The largest absolute Gasteiger partial charge is 0.487 e. The third-order valence-electron chi connectivity index (χ3n) is 5.14. The minimum Gasteiger partial charge on any atom is -0.487 e. The van der Waals surface area contributed by atoms with Crippen molar-refractivity contribution in [2.45, 2.75) is 52.2 Å². The van der Waals surface area contributed by atoms with E-state index in [1.165, 1.54) is 12.1 Å². The molecule has 0 amide bonds. The van der Waals surface area contributed by atoms with E-state index in [-0.39, 0.29) is 17.2 Å². The summed E-state index contributed by atoms with van der Waals surface area (Å²) in [6.07, 6.45) is -1.81. The van der Waals surface area contributed by atoms with E-state index < -0.39 is 6.43 Å². The minimum absolute atomic E-state index is 0.0884. The molecule has 0 saturated heterocycles. The van der Waals surface area contributed by atoms with Crippen molar-refractivity contribution in [1.29, 1.82) is 0 Å². The summed E-state index contributed by atoms with van der Waals surface area (Å²) in [5.74, 6) is 2.14. The molecule has 1 aliphatic heterocycles. The predicted molar refractivity (Wildman–Crippen MR) is 111 cm³/mol. The molecular formula is C22H24F2N4O. The number of benzene rings is 2. The standard InChI is InChI=1S/C22H24F2N4O/c1-11(13-7-14(20(23)24)9-15(25)8-13)26-21-16-5-6-18-17(10-22(3,4)29-18)19(16)27-12(2)28-21/h5-9,11,20H,10,25H2,1-4H3,(H,26,27,28). The molecule has 0 bridgehead atoms. The quantitative estimate of drug-likeness (QED) is 0.580. The molecule has 0 spiro atoms. The van der Waals surface area contributed by atoms with E-state index in [0.717, 1.165) is 28.6 Å². The van der Waals surface area contributed by atoms with Gasteiger partial charge in [-0.05, 0) is 63.6 Å². The van der Waals surface area contributed by atoms with E-state index in [9.17, 15) is 8.78 Å². The lowest BCUT2D eigenvalue weighted by molar-refractivity contribution is 0.138. The van der Waals surface area contributed by atoms with Gasteiger partial charge in [0.25, 0.3) is 6.43 Å². The molecule has 1 aliphatic rings. The number of anilines is 2. The second-order valence-corrected chi connectivity index (χ2v) is 8.20. The summed E-state index contributed by atoms with van der Waals surface area (Å²) >= 11 is 0. The number of hydrogen-bond acceptors (Lipinski definition) is 5. The fraction of sp³-hybridized carbons (Fsp3) is 0.364. The molecule has 29 heavy (non-hydrogen) atoms. The van der Waals surface area contributed by atoms with E-state index in [4.69, 9.17) is 10.5 Å². The molecule has 7 heteroatoms. The second-order valence-electron chi connectivity index (χ2n) is 8.20. The zero-order valence-corrected chi connectivity index (χ0v) is 16.9. The van der Waals surface area contributed by atoms with Gasteiger partial charge in [0.1, 0.15) is 23.0 Å². The first-order valence-corrected chi connectivity index (χ1v) is 9.57. The van der Waals surface area contributed by atoms with E-state index in [0.29, 0.717) is 22.9 Å². The lowest BCUT2D eigenvalue weighted by Gasteiger charge is -2.18. The van der Waals surface area contributed by atoms with Crippen molar-refractivity contribution in [2.75, 3.05) is 11.1 Å². The number of alkyl halides is 2. The van der Waals surface area contributed by atoms with Crippen molar-refractivity contribution < 1.29 is 13.5 Å². The van der Waals surface area contributed by atoms with Gasteiger partial charge in [0.2, 0.25) is 0 Å². The zero-order chi connectivity index (χ0) is 20.9. The van der Waals surface area contributed by atoms with Gasteiger partial charge < -0.3 is 15.8 Å². The summed E-state index contributed by atoms with van der Waals surface area (Å²) in [6.45, 7) is 7.83. The highest BCUT2D eigenvalue weighted by Gasteiger charge is 2.32. The zero-order valence-electron chi connectivity index (χ0n) is 16.9. The van der Waals surface area contributed by atoms with Gasteiger partial charge >= 0.3 is 0 Å². The van der Waals surface area contributed by atoms with Gasteiger partial charge in [-0.3, -0.25) is 0 Å². The number of ether oxygens (including phenoxy) is 1. The average Bonchev–Trinajstić information content (AvgIpc) is 2.95. The smallest absolute Gasteiger partial charge is 0.263 e. The summed E-state index contributed by atoms with van der Waals surface area (Å²) in [4.78, 5) is 9.22. The maximum absolute atomic E-state index is 13.2. The van der Waals surface area contributed by atoms with Crippen LogP contribution in [0, 0.1) is 6.92 Å². The highest BCUT2D eigenvalue weighted by molar-refractivity contribution is 5.93. The number of fused-ring (bicyclic) bond motifs is 3. The van der Waals surface area contributed by atoms with Crippen LogP contribution in [0.2, 0.25) is 0 Å². The van der Waals surface area contributed by atoms with Crippen LogP contribution in [-0.2, 0) is 6.42 Å². The molecule has 3 aromatic rings. The lowest BCUT2D eigenvalue weighted by atomic mass is 9.99. The fourth-order valence-corrected chi connectivity index (χ4v) is 3.85. The van der Waals surface area contributed by atoms with Gasteiger partial charge in [-0.25, -0.2) is 18.7 Å². The Kier molecular flexibility index (Phi) is 4.56. The number of nitrogens with zero attached hydrogens (tertiary/aromatic N) is 2. The van der Waals surface area contributed by atoms with E-state index in [1.54, 1.807) is 6.07 Å². The molecular weight excluding hydrogens is 374 g/mol. The number of rotatable bonds is 4. The van der Waals surface area contributed by atoms with E-state index in [2.05, 4.69) is 29.1 Å². The first kappa shape index (κ1) is 19.4. The molecule has 152 valence electrons. The van der Waals surface area contributed by atoms with E-state index >= 15 is 0 Å². The van der Waals surface area contributed by atoms with Crippen LogP contribution in [0.5, 0.6) is 5.75 Å². The molecule has 2 aromatic carbocycles. The number of nitrogen functional groups attached to an aromatic ring is 1. The van der Waals surface area contributed by atoms with Crippen molar-refractivity contribution in [3.8, 4) is 5.75 Å². The minimum atomic E-state index is -2.57. The molecule has 1 aromatic heterocycles. The second kappa shape index (κ2) is 6.83. The lowest BCUT2D eigenvalue weighted by Crippen LogP contribution is -2.24. The average molecular weight is 398 g/mol. The third-order valence-corrected chi connectivity index (χ3v) is 5.14. The van der Waals surface area contributed by atoms with Crippen LogP contribution >= 0.6 is 0 Å². The Morgan fingerprint density at radius 2 is 1.86 bits per heavy atom. The van der Waals surface area contributed by atoms with Crippen LogP contribution < -0.4 is 15.8 Å². The van der Waals surface area contributed by atoms with Crippen molar-refractivity contribution in [2.24, 2.45) is 0 Å². The number of nitrogens with two attached hydrogens (primary N) is 1. The number of halogens is 2. The van der Waals surface area contributed by atoms with Crippen LogP contribution in [-0.4, -0.2) is 15.6 Å². The van der Waals surface area contributed by atoms with Gasteiger partial charge in [-0.2, -0.15) is 0 Å². The highest BCUT2D eigenvalue weighted by Crippen LogP contribution is 2.40. The Balaban J connectivity index is 1.74. The Hall–Kier alpha value is -2.96. The number of hydrogen-bond donors (Lipinski definition) is 2. The summed E-state index contributed by atoms with van der Waals surface area (Å²) in [5.41, 5.74) is 8.38. The molecule has 4 rings (SSSR count). The topological polar surface area (TPSA) is 73.1 Å². The number of aromatic nitrogens is 2. The van der Waals surface area contributed by atoms with Crippen LogP contribution in [0.3, 0.4) is 0 Å². The Labute approximate surface area is 168 Å². The van der Waals surface area contributed by atoms with Crippen molar-refractivity contribution >= 4 is 22.4 Å². The summed E-state index contributed by atoms with van der Waals surface area (Å²) < 4.78 is 32.3. The predicted octanol–water partition coefficient (Wildman–Crippen LogP) is 5.34. The van der Waals surface area contributed by atoms with Gasteiger partial charge in [0.15, 0.2) is 0 Å². The van der Waals surface area contributed by atoms with Crippen LogP contribution in [0.1, 0.15) is 55.8 Å². The van der Waals surface area contributed by atoms with E-state index in [1.807, 2.05) is 26.0 Å². The maximum atomic E-state index is 13.2. The molecule has 1 atom stereocenters. The van der Waals surface area contributed by atoms with Crippen molar-refractivity contribution in [3.05, 3.63) is 52.8 Å². The summed E-state index contributed by atoms with van der Waals surface area (Å²) in [5, 5.41) is 4.23. The molecule has 0 aliphatic carbocycles. The van der Waals surface area contributed by atoms with Gasteiger partial charge in [-0.1, -0.05) is 0 Å². The SMILES string of the molecule is Cc1nc(NC(C)c2cc(N)cc(C(F)F)c2)c2ccc3c(c2n1)CC(C)(C)O3. The molecule has 0 radical (unpaired) electrons.